The van der Waals surface area contributed by atoms with E-state index in [0.717, 1.165) is 16.2 Å². The van der Waals surface area contributed by atoms with Crippen molar-refractivity contribution in [2.24, 2.45) is 5.41 Å². The summed E-state index contributed by atoms with van der Waals surface area (Å²) in [6.07, 6.45) is -2.80. The second-order valence-electron chi connectivity index (χ2n) is 6.74. The Labute approximate surface area is 159 Å². The zero-order chi connectivity index (χ0) is 19.9. The smallest absolute Gasteiger partial charge is 0.330 e. The van der Waals surface area contributed by atoms with Crippen LogP contribution >= 0.6 is 8.25 Å². The summed E-state index contributed by atoms with van der Waals surface area (Å²) in [6, 6.07) is 10.3. The number of aromatic amines is 1. The van der Waals surface area contributed by atoms with Gasteiger partial charge in [-0.25, -0.2) is 4.79 Å². The van der Waals surface area contributed by atoms with Crippen molar-refractivity contribution in [2.75, 3.05) is 6.61 Å². The van der Waals surface area contributed by atoms with E-state index in [0.29, 0.717) is 0 Å². The molecule has 150 valence electrons. The van der Waals surface area contributed by atoms with Crippen molar-refractivity contribution in [1.29, 1.82) is 0 Å². The van der Waals surface area contributed by atoms with E-state index in [1.807, 2.05) is 30.3 Å². The van der Waals surface area contributed by atoms with Crippen LogP contribution in [0, 0.1) is 5.41 Å². The molecule has 1 aliphatic heterocycles. The third kappa shape index (κ3) is 3.18. The number of aliphatic hydroxyl groups is 2. The summed E-state index contributed by atoms with van der Waals surface area (Å²) in [5.41, 5.74) is -1.71. The molecule has 0 spiro atoms. The third-order valence-electron chi connectivity index (χ3n) is 5.15. The number of aliphatic hydroxyl groups excluding tert-OH is 2. The molecule has 28 heavy (non-hydrogen) atoms. The second-order valence-corrected chi connectivity index (χ2v) is 7.77. The molecule has 1 aliphatic carbocycles. The maximum atomic E-state index is 12.1. The Balaban J connectivity index is 1.42. The van der Waals surface area contributed by atoms with Crippen LogP contribution in [-0.2, 0) is 25.0 Å². The average molecular weight is 410 g/mol. The summed E-state index contributed by atoms with van der Waals surface area (Å²) in [4.78, 5) is 25.2. The van der Waals surface area contributed by atoms with Crippen LogP contribution in [0.4, 0.5) is 0 Å². The second kappa shape index (κ2) is 7.40. The number of hydrogen-bond donors (Lipinski definition) is 3. The largest absolute Gasteiger partial charge is 0.395 e. The highest BCUT2D eigenvalue weighted by atomic mass is 31.1. The molecule has 2 aliphatic rings. The van der Waals surface area contributed by atoms with Crippen LogP contribution < -0.4 is 11.2 Å². The van der Waals surface area contributed by atoms with Crippen molar-refractivity contribution in [3.05, 3.63) is 69.0 Å². The molecule has 2 aromatic rings. The maximum absolute atomic E-state index is 12.1. The maximum Gasteiger partial charge on any atom is 0.330 e. The van der Waals surface area contributed by atoms with E-state index in [9.17, 15) is 24.4 Å². The molecule has 4 rings (SSSR count). The first-order valence-corrected chi connectivity index (χ1v) is 9.83. The van der Waals surface area contributed by atoms with Gasteiger partial charge in [-0.2, -0.15) is 0 Å². The van der Waals surface area contributed by atoms with Gasteiger partial charge in [0, 0.05) is 12.3 Å². The SMILES string of the molecule is O=c1ccn([C@@H]2O[C@@H]3C(O[PH](=O)OCc4ccccc4)[C@]3(CO)[C@H]2O)c(=O)[nH]1. The van der Waals surface area contributed by atoms with Crippen LogP contribution in [-0.4, -0.2) is 44.7 Å². The molecule has 0 bridgehead atoms. The Hall–Kier alpha value is -2.07. The molecule has 6 atom stereocenters. The van der Waals surface area contributed by atoms with Crippen LogP contribution in [0.2, 0.25) is 0 Å². The zero-order valence-corrected chi connectivity index (χ0v) is 15.6. The molecule has 0 radical (unpaired) electrons. The van der Waals surface area contributed by atoms with Gasteiger partial charge in [0.25, 0.3) is 5.56 Å². The van der Waals surface area contributed by atoms with Crippen LogP contribution in [0.5, 0.6) is 0 Å². The van der Waals surface area contributed by atoms with Crippen molar-refractivity contribution in [3.8, 4) is 0 Å². The monoisotopic (exact) mass is 410 g/mol. The summed E-state index contributed by atoms with van der Waals surface area (Å²) in [7, 11) is -2.90. The minimum atomic E-state index is -2.90. The van der Waals surface area contributed by atoms with Crippen LogP contribution in [0.15, 0.2) is 52.2 Å². The topological polar surface area (TPSA) is 140 Å². The lowest BCUT2D eigenvalue weighted by molar-refractivity contribution is -0.0818. The van der Waals surface area contributed by atoms with Crippen molar-refractivity contribution in [2.45, 2.75) is 31.1 Å². The molecule has 1 aromatic heterocycles. The van der Waals surface area contributed by atoms with E-state index in [1.165, 1.54) is 6.20 Å². The number of nitrogens with one attached hydrogen (secondary N) is 1. The number of rotatable bonds is 7. The molecule has 3 N–H and O–H groups in total. The minimum absolute atomic E-state index is 0.0982. The molecule has 2 unspecified atom stereocenters. The fourth-order valence-corrected chi connectivity index (χ4v) is 4.46. The highest BCUT2D eigenvalue weighted by molar-refractivity contribution is 7.33. The van der Waals surface area contributed by atoms with Gasteiger partial charge in [0.2, 0.25) is 0 Å². The molecule has 2 heterocycles. The van der Waals surface area contributed by atoms with Gasteiger partial charge >= 0.3 is 13.9 Å². The van der Waals surface area contributed by atoms with Gasteiger partial charge in [0.05, 0.1) is 18.6 Å². The van der Waals surface area contributed by atoms with Gasteiger partial charge in [-0.15, -0.1) is 0 Å². The Morgan fingerprint density at radius 3 is 2.64 bits per heavy atom. The quantitative estimate of drug-likeness (QED) is 0.532. The summed E-state index contributed by atoms with van der Waals surface area (Å²) < 4.78 is 29.4. The minimum Gasteiger partial charge on any atom is -0.395 e. The lowest BCUT2D eigenvalue weighted by Crippen LogP contribution is -2.40. The molecule has 2 fully saturated rings. The number of benzene rings is 1. The summed E-state index contributed by atoms with van der Waals surface area (Å²) in [6.45, 7) is -0.396. The van der Waals surface area contributed by atoms with Crippen LogP contribution in [0.1, 0.15) is 11.8 Å². The van der Waals surface area contributed by atoms with Crippen molar-refractivity contribution >= 4 is 8.25 Å². The number of ether oxygens (including phenoxy) is 1. The lowest BCUT2D eigenvalue weighted by atomic mass is 9.99. The van der Waals surface area contributed by atoms with E-state index < -0.39 is 56.1 Å². The van der Waals surface area contributed by atoms with E-state index in [1.54, 1.807) is 0 Å². The normalized spacial score (nSPS) is 32.1. The first-order chi connectivity index (χ1) is 13.5. The molecule has 1 saturated heterocycles. The Kier molecular flexibility index (Phi) is 5.09. The Morgan fingerprint density at radius 2 is 2.00 bits per heavy atom. The molecular weight excluding hydrogens is 391 g/mol. The number of H-pyrrole nitrogens is 1. The lowest BCUT2D eigenvalue weighted by Gasteiger charge is -2.25. The fourth-order valence-electron chi connectivity index (χ4n) is 3.56. The number of hydrogen-bond acceptors (Lipinski definition) is 8. The van der Waals surface area contributed by atoms with E-state index in [4.69, 9.17) is 13.8 Å². The molecule has 0 amide bonds. The standard InChI is InChI=1S/C17H19N2O8P/c20-9-17-12(22)15(19-7-6-11(21)18-16(19)23)26-13(17)14(17)27-28(24)25-8-10-4-2-1-3-5-10/h1-7,12-15,20,22,28H,8-9H2,(H,18,21,23)/t12-,13+,14?,15+,17+/m0/s1. The number of aromatic nitrogens is 2. The van der Waals surface area contributed by atoms with E-state index >= 15 is 0 Å². The summed E-state index contributed by atoms with van der Waals surface area (Å²) >= 11 is 0. The predicted octanol–water partition coefficient (Wildman–Crippen LogP) is -0.221. The van der Waals surface area contributed by atoms with Crippen LogP contribution in [0.25, 0.3) is 0 Å². The third-order valence-corrected chi connectivity index (χ3v) is 5.98. The molecular formula is C17H19N2O8P. The number of nitrogens with zero attached hydrogens (tertiary/aromatic N) is 1. The highest BCUT2D eigenvalue weighted by Crippen LogP contribution is 2.63. The fraction of sp³-hybridized carbons (Fsp3) is 0.412. The average Bonchev–Trinajstić information content (AvgIpc) is 3.19. The van der Waals surface area contributed by atoms with Crippen molar-refractivity contribution < 1.29 is 28.6 Å². The van der Waals surface area contributed by atoms with Gasteiger partial charge in [-0.1, -0.05) is 30.3 Å². The van der Waals surface area contributed by atoms with E-state index in [-0.39, 0.29) is 6.61 Å². The Bertz CT molecular complexity index is 992. The van der Waals surface area contributed by atoms with Crippen molar-refractivity contribution in [1.82, 2.24) is 9.55 Å². The predicted molar refractivity (Wildman–Crippen MR) is 95.9 cm³/mol. The highest BCUT2D eigenvalue weighted by Gasteiger charge is 2.78. The van der Waals surface area contributed by atoms with Crippen molar-refractivity contribution in [3.63, 3.8) is 0 Å². The zero-order valence-electron chi connectivity index (χ0n) is 14.6. The van der Waals surface area contributed by atoms with Gasteiger partial charge in [0.1, 0.15) is 18.3 Å². The van der Waals surface area contributed by atoms with Crippen LogP contribution in [0.3, 0.4) is 0 Å². The molecule has 10 nitrogen and oxygen atoms in total. The summed E-state index contributed by atoms with van der Waals surface area (Å²) in [5.74, 6) is 0. The number of fused-ring (bicyclic) bond motifs is 1. The summed E-state index contributed by atoms with van der Waals surface area (Å²) in [5, 5.41) is 20.4. The van der Waals surface area contributed by atoms with Gasteiger partial charge in [-0.05, 0) is 5.56 Å². The first-order valence-electron chi connectivity index (χ1n) is 8.60. The molecule has 11 heteroatoms. The van der Waals surface area contributed by atoms with Gasteiger partial charge in [-0.3, -0.25) is 18.9 Å². The molecule has 1 saturated carbocycles. The Morgan fingerprint density at radius 1 is 1.25 bits per heavy atom. The van der Waals surface area contributed by atoms with Gasteiger partial charge in [0.15, 0.2) is 6.23 Å². The van der Waals surface area contributed by atoms with E-state index in [2.05, 4.69) is 4.98 Å². The van der Waals surface area contributed by atoms with Gasteiger partial charge < -0.3 is 24.0 Å². The molecule has 1 aromatic carbocycles. The first kappa shape index (κ1) is 19.3.